The molecule has 0 fully saturated rings. The number of ether oxygens (including phenoxy) is 2. The van der Waals surface area contributed by atoms with Crippen molar-refractivity contribution in [2.75, 3.05) is 31.3 Å². The standard InChI is InChI=1S/C20H26N2O5S/c1-15(20(23)21-13-12-16-8-6-5-7-9-16)22(28(4,24)25)17-10-11-18(26-2)19(14-17)27-3/h5-11,14-15H,12-13H2,1-4H3,(H,21,23)/t15-/m0/s1. The van der Waals surface area contributed by atoms with E-state index in [-0.39, 0.29) is 5.91 Å². The molecule has 0 unspecified atom stereocenters. The van der Waals surface area contributed by atoms with Gasteiger partial charge in [0.1, 0.15) is 6.04 Å². The van der Waals surface area contributed by atoms with Gasteiger partial charge in [0.2, 0.25) is 15.9 Å². The predicted molar refractivity (Wildman–Crippen MR) is 109 cm³/mol. The molecule has 2 aromatic rings. The van der Waals surface area contributed by atoms with Crippen molar-refractivity contribution >= 4 is 21.6 Å². The fraction of sp³-hybridized carbons (Fsp3) is 0.350. The molecule has 0 aliphatic carbocycles. The van der Waals surface area contributed by atoms with Crippen LogP contribution in [0.1, 0.15) is 12.5 Å². The van der Waals surface area contributed by atoms with Gasteiger partial charge in [-0.15, -0.1) is 0 Å². The lowest BCUT2D eigenvalue weighted by atomic mass is 10.1. The monoisotopic (exact) mass is 406 g/mol. The Kier molecular flexibility index (Phi) is 7.28. The van der Waals surface area contributed by atoms with Gasteiger partial charge in [-0.25, -0.2) is 8.42 Å². The molecule has 2 rings (SSSR count). The van der Waals surface area contributed by atoms with Gasteiger partial charge in [-0.3, -0.25) is 9.10 Å². The van der Waals surface area contributed by atoms with E-state index < -0.39 is 16.1 Å². The molecule has 0 saturated heterocycles. The Morgan fingerprint density at radius 1 is 1.07 bits per heavy atom. The number of nitrogens with zero attached hydrogens (tertiary/aromatic N) is 1. The van der Waals surface area contributed by atoms with Gasteiger partial charge >= 0.3 is 0 Å². The molecule has 0 aliphatic heterocycles. The second-order valence-electron chi connectivity index (χ2n) is 6.30. The number of anilines is 1. The lowest BCUT2D eigenvalue weighted by molar-refractivity contribution is -0.121. The number of hydrogen-bond donors (Lipinski definition) is 1. The van der Waals surface area contributed by atoms with E-state index in [4.69, 9.17) is 9.47 Å². The topological polar surface area (TPSA) is 84.9 Å². The molecule has 28 heavy (non-hydrogen) atoms. The van der Waals surface area contributed by atoms with E-state index in [0.29, 0.717) is 30.2 Å². The van der Waals surface area contributed by atoms with Crippen LogP contribution in [0.4, 0.5) is 5.69 Å². The third kappa shape index (κ3) is 5.39. The number of amides is 1. The molecular formula is C20H26N2O5S. The highest BCUT2D eigenvalue weighted by Crippen LogP contribution is 2.33. The zero-order valence-corrected chi connectivity index (χ0v) is 17.3. The third-order valence-corrected chi connectivity index (χ3v) is 5.51. The third-order valence-electron chi connectivity index (χ3n) is 4.27. The highest BCUT2D eigenvalue weighted by atomic mass is 32.2. The molecule has 8 heteroatoms. The summed E-state index contributed by atoms with van der Waals surface area (Å²) in [4.78, 5) is 12.6. The Labute approximate surface area is 166 Å². The van der Waals surface area contributed by atoms with E-state index in [9.17, 15) is 13.2 Å². The molecule has 1 N–H and O–H groups in total. The molecule has 0 aromatic heterocycles. The van der Waals surface area contributed by atoms with Gasteiger partial charge < -0.3 is 14.8 Å². The van der Waals surface area contributed by atoms with Gasteiger partial charge in [0, 0.05) is 12.6 Å². The molecular weight excluding hydrogens is 380 g/mol. The van der Waals surface area contributed by atoms with Crippen molar-refractivity contribution < 1.29 is 22.7 Å². The highest BCUT2D eigenvalue weighted by molar-refractivity contribution is 7.92. The van der Waals surface area contributed by atoms with Gasteiger partial charge in [0.25, 0.3) is 0 Å². The lowest BCUT2D eigenvalue weighted by Crippen LogP contribution is -2.48. The summed E-state index contributed by atoms with van der Waals surface area (Å²) in [6, 6.07) is 13.5. The number of methoxy groups -OCH3 is 2. The minimum atomic E-state index is -3.71. The first kappa shape index (κ1) is 21.6. The summed E-state index contributed by atoms with van der Waals surface area (Å²) >= 11 is 0. The molecule has 0 heterocycles. The summed E-state index contributed by atoms with van der Waals surface area (Å²) in [5.41, 5.74) is 1.42. The number of rotatable bonds is 9. The largest absolute Gasteiger partial charge is 0.493 e. The molecule has 152 valence electrons. The van der Waals surface area contributed by atoms with Gasteiger partial charge in [0.15, 0.2) is 11.5 Å². The van der Waals surface area contributed by atoms with E-state index in [2.05, 4.69) is 5.32 Å². The van der Waals surface area contributed by atoms with Crippen LogP contribution in [0.2, 0.25) is 0 Å². The van der Waals surface area contributed by atoms with Crippen molar-refractivity contribution in [1.82, 2.24) is 5.32 Å². The molecule has 0 spiro atoms. The summed E-state index contributed by atoms with van der Waals surface area (Å²) in [5, 5.41) is 2.80. The molecule has 7 nitrogen and oxygen atoms in total. The van der Waals surface area contributed by atoms with Crippen molar-refractivity contribution in [3.8, 4) is 11.5 Å². The molecule has 2 aromatic carbocycles. The minimum Gasteiger partial charge on any atom is -0.493 e. The molecule has 0 bridgehead atoms. The number of benzene rings is 2. The zero-order chi connectivity index (χ0) is 20.7. The molecule has 1 amide bonds. The SMILES string of the molecule is COc1ccc(N([C@@H](C)C(=O)NCCc2ccccc2)S(C)(=O)=O)cc1OC. The van der Waals surface area contributed by atoms with E-state index in [0.717, 1.165) is 16.1 Å². The highest BCUT2D eigenvalue weighted by Gasteiger charge is 2.29. The average molecular weight is 407 g/mol. The molecule has 0 aliphatic rings. The number of nitrogens with one attached hydrogen (secondary N) is 1. The smallest absolute Gasteiger partial charge is 0.243 e. The van der Waals surface area contributed by atoms with Gasteiger partial charge in [-0.2, -0.15) is 0 Å². The van der Waals surface area contributed by atoms with Crippen molar-refractivity contribution in [3.05, 3.63) is 54.1 Å². The Morgan fingerprint density at radius 2 is 1.71 bits per heavy atom. The predicted octanol–water partition coefficient (Wildman–Crippen LogP) is 2.22. The Balaban J connectivity index is 2.17. The van der Waals surface area contributed by atoms with E-state index >= 15 is 0 Å². The fourth-order valence-electron chi connectivity index (χ4n) is 2.89. The van der Waals surface area contributed by atoms with Gasteiger partial charge in [-0.05, 0) is 31.0 Å². The number of hydrogen-bond acceptors (Lipinski definition) is 5. The van der Waals surface area contributed by atoms with E-state index in [1.165, 1.54) is 20.3 Å². The van der Waals surface area contributed by atoms with Crippen LogP contribution in [0, 0.1) is 0 Å². The normalized spacial score (nSPS) is 12.1. The van der Waals surface area contributed by atoms with Crippen molar-refractivity contribution in [2.24, 2.45) is 0 Å². The molecule has 0 radical (unpaired) electrons. The first-order valence-corrected chi connectivity index (χ1v) is 10.7. The van der Waals surface area contributed by atoms with Crippen LogP contribution in [0.5, 0.6) is 11.5 Å². The second-order valence-corrected chi connectivity index (χ2v) is 8.16. The van der Waals surface area contributed by atoms with Crippen LogP contribution >= 0.6 is 0 Å². The first-order chi connectivity index (χ1) is 13.3. The average Bonchev–Trinajstić information content (AvgIpc) is 2.67. The van der Waals surface area contributed by atoms with Crippen LogP contribution < -0.4 is 19.1 Å². The number of carbonyl (C=O) groups excluding carboxylic acids is 1. The maximum absolute atomic E-state index is 12.6. The lowest BCUT2D eigenvalue weighted by Gasteiger charge is -2.28. The van der Waals surface area contributed by atoms with Crippen LogP contribution in [0.3, 0.4) is 0 Å². The number of carbonyl (C=O) groups is 1. The van der Waals surface area contributed by atoms with E-state index in [1.54, 1.807) is 19.1 Å². The van der Waals surface area contributed by atoms with Crippen LogP contribution in [-0.4, -0.2) is 47.4 Å². The van der Waals surface area contributed by atoms with E-state index in [1.807, 2.05) is 30.3 Å². The van der Waals surface area contributed by atoms with Crippen LogP contribution in [0.25, 0.3) is 0 Å². The maximum Gasteiger partial charge on any atom is 0.243 e. The molecule has 0 saturated carbocycles. The fourth-order valence-corrected chi connectivity index (χ4v) is 4.06. The van der Waals surface area contributed by atoms with Crippen LogP contribution in [0.15, 0.2) is 48.5 Å². The molecule has 1 atom stereocenters. The minimum absolute atomic E-state index is 0.325. The van der Waals surface area contributed by atoms with Gasteiger partial charge in [-0.1, -0.05) is 30.3 Å². The Morgan fingerprint density at radius 3 is 2.29 bits per heavy atom. The second kappa shape index (κ2) is 9.45. The first-order valence-electron chi connectivity index (χ1n) is 8.81. The summed E-state index contributed by atoms with van der Waals surface area (Å²) in [6.45, 7) is 1.96. The maximum atomic E-state index is 12.6. The zero-order valence-electron chi connectivity index (χ0n) is 16.5. The summed E-state index contributed by atoms with van der Waals surface area (Å²) in [6.07, 6.45) is 1.73. The van der Waals surface area contributed by atoms with Crippen molar-refractivity contribution in [1.29, 1.82) is 0 Å². The Hall–Kier alpha value is -2.74. The van der Waals surface area contributed by atoms with Crippen molar-refractivity contribution in [2.45, 2.75) is 19.4 Å². The number of sulfonamides is 1. The van der Waals surface area contributed by atoms with Crippen molar-refractivity contribution in [3.63, 3.8) is 0 Å². The summed E-state index contributed by atoms with van der Waals surface area (Å²) in [7, 11) is -0.749. The summed E-state index contributed by atoms with van der Waals surface area (Å²) < 4.78 is 36.3. The quantitative estimate of drug-likeness (QED) is 0.690. The Bertz CT molecular complexity index is 900. The summed E-state index contributed by atoms with van der Waals surface area (Å²) in [5.74, 6) is 0.473. The van der Waals surface area contributed by atoms with Gasteiger partial charge in [0.05, 0.1) is 26.2 Å². The van der Waals surface area contributed by atoms with Crippen LogP contribution in [-0.2, 0) is 21.2 Å².